The Labute approximate surface area is 160 Å². The van der Waals surface area contributed by atoms with Crippen molar-refractivity contribution in [1.82, 2.24) is 0 Å². The highest BCUT2D eigenvalue weighted by Crippen LogP contribution is 2.37. The predicted octanol–water partition coefficient (Wildman–Crippen LogP) is 6.29. The summed E-state index contributed by atoms with van der Waals surface area (Å²) in [7, 11) is 0. The third-order valence-corrected chi connectivity index (χ3v) is 3.68. The predicted molar refractivity (Wildman–Crippen MR) is 92.6 cm³/mol. The quantitative estimate of drug-likeness (QED) is 0.343. The molecule has 2 aromatic rings. The summed E-state index contributed by atoms with van der Waals surface area (Å²) >= 11 is 0. The van der Waals surface area contributed by atoms with Crippen LogP contribution < -0.4 is 10.6 Å². The maximum absolute atomic E-state index is 13.9. The molecule has 0 radical (unpaired) electrons. The van der Waals surface area contributed by atoms with Crippen molar-refractivity contribution in [2.75, 3.05) is 10.6 Å². The second-order valence-corrected chi connectivity index (χ2v) is 5.98. The molecule has 1 unspecified atom stereocenters. The molecule has 0 spiro atoms. The van der Waals surface area contributed by atoms with Crippen LogP contribution in [0, 0.1) is 11.6 Å². The molecule has 0 aliphatic heterocycles. The Morgan fingerprint density at radius 2 is 1.28 bits per heavy atom. The molecule has 1 atom stereocenters. The van der Waals surface area contributed by atoms with Gasteiger partial charge in [-0.1, -0.05) is 12.1 Å². The second kappa shape index (κ2) is 8.26. The largest absolute Gasteiger partial charge is 0.418 e. The molecule has 3 nitrogen and oxygen atoms in total. The normalized spacial score (nSPS) is 13.9. The van der Waals surface area contributed by atoms with Crippen LogP contribution in [-0.4, -0.2) is 12.0 Å². The number of hydrogen-bond donors (Lipinski definition) is 2. The highest BCUT2D eigenvalue weighted by Gasteiger charge is 2.36. The Hall–Kier alpha value is -2.85. The molecule has 29 heavy (non-hydrogen) atoms. The van der Waals surface area contributed by atoms with Gasteiger partial charge in [0, 0.05) is 0 Å². The Morgan fingerprint density at radius 1 is 0.828 bits per heavy atom. The molecule has 0 amide bonds. The zero-order valence-corrected chi connectivity index (χ0v) is 15.0. The van der Waals surface area contributed by atoms with E-state index >= 15 is 0 Å². The molecular weight excluding hydrogens is 410 g/mol. The Balaban J connectivity index is 2.28. The van der Waals surface area contributed by atoms with Gasteiger partial charge in [-0.05, 0) is 38.1 Å². The fourth-order valence-corrected chi connectivity index (χ4v) is 2.54. The van der Waals surface area contributed by atoms with E-state index in [2.05, 4.69) is 15.6 Å². The third-order valence-electron chi connectivity index (χ3n) is 3.68. The summed E-state index contributed by atoms with van der Waals surface area (Å²) in [6, 6.07) is 4.73. The van der Waals surface area contributed by atoms with Crippen LogP contribution in [0.4, 0.5) is 46.5 Å². The van der Waals surface area contributed by atoms with E-state index in [9.17, 15) is 35.1 Å². The van der Waals surface area contributed by atoms with Crippen LogP contribution in [0.5, 0.6) is 0 Å². The minimum absolute atomic E-state index is 0.231. The van der Waals surface area contributed by atoms with Crippen molar-refractivity contribution in [3.05, 3.63) is 59.2 Å². The average molecular weight is 425 g/mol. The third kappa shape index (κ3) is 5.58. The highest BCUT2D eigenvalue weighted by molar-refractivity contribution is 5.94. The van der Waals surface area contributed by atoms with Crippen molar-refractivity contribution >= 4 is 17.2 Å². The van der Waals surface area contributed by atoms with Crippen molar-refractivity contribution in [1.29, 1.82) is 0 Å². The van der Waals surface area contributed by atoms with Gasteiger partial charge in [-0.15, -0.1) is 0 Å². The maximum atomic E-state index is 13.9. The SMILES string of the molecule is CC(=NC(C)Nc1c(F)cccc1C(F)(F)F)Nc1c(F)cccc1C(F)(F)F. The number of nitrogens with zero attached hydrogens (tertiary/aromatic N) is 1. The lowest BCUT2D eigenvalue weighted by atomic mass is 10.1. The summed E-state index contributed by atoms with van der Waals surface area (Å²) in [5.41, 5.74) is -4.28. The Bertz CT molecular complexity index is 903. The van der Waals surface area contributed by atoms with Crippen LogP contribution >= 0.6 is 0 Å². The monoisotopic (exact) mass is 425 g/mol. The van der Waals surface area contributed by atoms with Gasteiger partial charge in [0.15, 0.2) is 0 Å². The number of halogens is 8. The van der Waals surface area contributed by atoms with Crippen molar-refractivity contribution < 1.29 is 35.1 Å². The Morgan fingerprint density at radius 3 is 1.76 bits per heavy atom. The molecule has 2 aromatic carbocycles. The number of rotatable bonds is 4. The molecule has 0 aliphatic carbocycles. The van der Waals surface area contributed by atoms with Crippen LogP contribution in [0.15, 0.2) is 41.4 Å². The molecule has 0 fully saturated rings. The molecule has 0 saturated heterocycles. The lowest BCUT2D eigenvalue weighted by Crippen LogP contribution is -2.22. The topological polar surface area (TPSA) is 36.4 Å². The molecule has 0 aromatic heterocycles. The zero-order valence-electron chi connectivity index (χ0n) is 15.0. The van der Waals surface area contributed by atoms with Gasteiger partial charge in [0.25, 0.3) is 0 Å². The van der Waals surface area contributed by atoms with Crippen molar-refractivity contribution in [3.8, 4) is 0 Å². The summed E-state index contributed by atoms with van der Waals surface area (Å²) in [5, 5.41) is 4.38. The first-order valence-corrected chi connectivity index (χ1v) is 8.10. The molecular formula is C18H15F8N3. The Kier molecular flexibility index (Phi) is 6.39. The number of anilines is 2. The van der Waals surface area contributed by atoms with Gasteiger partial charge >= 0.3 is 12.4 Å². The number of benzene rings is 2. The van der Waals surface area contributed by atoms with E-state index in [0.717, 1.165) is 24.3 Å². The van der Waals surface area contributed by atoms with Crippen LogP contribution in [0.2, 0.25) is 0 Å². The molecule has 11 heteroatoms. The van der Waals surface area contributed by atoms with E-state index in [4.69, 9.17) is 0 Å². The maximum Gasteiger partial charge on any atom is 0.418 e. The van der Waals surface area contributed by atoms with E-state index < -0.39 is 52.7 Å². The van der Waals surface area contributed by atoms with Crippen molar-refractivity contribution in [2.24, 2.45) is 4.99 Å². The summed E-state index contributed by atoms with van der Waals surface area (Å²) in [4.78, 5) is 3.82. The van der Waals surface area contributed by atoms with Crippen molar-refractivity contribution in [3.63, 3.8) is 0 Å². The fourth-order valence-electron chi connectivity index (χ4n) is 2.54. The van der Waals surface area contributed by atoms with E-state index in [1.807, 2.05) is 0 Å². The van der Waals surface area contributed by atoms with Gasteiger partial charge in [0.2, 0.25) is 0 Å². The number of hydrogen-bond acceptors (Lipinski definition) is 2. The van der Waals surface area contributed by atoms with Crippen LogP contribution in [-0.2, 0) is 12.4 Å². The summed E-state index contributed by atoms with van der Waals surface area (Å²) in [6.07, 6.45) is -10.9. The summed E-state index contributed by atoms with van der Waals surface area (Å²) in [5.74, 6) is -2.60. The molecule has 0 aliphatic rings. The minimum atomic E-state index is -4.84. The number of nitrogens with one attached hydrogen (secondary N) is 2. The smallest absolute Gasteiger partial charge is 0.361 e. The summed E-state index contributed by atoms with van der Waals surface area (Å²) < 4.78 is 106. The van der Waals surface area contributed by atoms with E-state index in [1.165, 1.54) is 13.8 Å². The summed E-state index contributed by atoms with van der Waals surface area (Å²) in [6.45, 7) is 2.45. The standard InChI is InChI=1S/C18H15F8N3/c1-9(28-15-11(17(21,22)23)5-3-7-13(15)19)27-10(2)29-16-12(18(24,25)26)6-4-8-14(16)20/h3-9,28H,1-2H3,(H,27,29). The zero-order chi connectivity index (χ0) is 22.0. The molecule has 0 heterocycles. The van der Waals surface area contributed by atoms with Gasteiger partial charge < -0.3 is 10.6 Å². The molecule has 2 N–H and O–H groups in total. The number of aliphatic imine (C=N–C) groups is 1. The van der Waals surface area contributed by atoms with Crippen LogP contribution in [0.1, 0.15) is 25.0 Å². The van der Waals surface area contributed by atoms with Gasteiger partial charge in [0.1, 0.15) is 23.6 Å². The first kappa shape index (κ1) is 22.4. The fraction of sp³-hybridized carbons (Fsp3) is 0.278. The number of alkyl halides is 6. The van der Waals surface area contributed by atoms with Gasteiger partial charge in [-0.2, -0.15) is 26.3 Å². The van der Waals surface area contributed by atoms with E-state index in [1.54, 1.807) is 0 Å². The molecule has 2 rings (SSSR count). The number of para-hydroxylation sites is 2. The first-order valence-electron chi connectivity index (χ1n) is 8.10. The van der Waals surface area contributed by atoms with Gasteiger partial charge in [-0.3, -0.25) is 0 Å². The van der Waals surface area contributed by atoms with Crippen LogP contribution in [0.25, 0.3) is 0 Å². The minimum Gasteiger partial charge on any atom is -0.361 e. The lowest BCUT2D eigenvalue weighted by Gasteiger charge is -2.19. The molecule has 158 valence electrons. The van der Waals surface area contributed by atoms with Crippen LogP contribution in [0.3, 0.4) is 0 Å². The molecule has 0 saturated carbocycles. The van der Waals surface area contributed by atoms with Gasteiger partial charge in [-0.25, -0.2) is 13.8 Å². The van der Waals surface area contributed by atoms with Gasteiger partial charge in [0.05, 0.1) is 22.5 Å². The van der Waals surface area contributed by atoms with Crippen molar-refractivity contribution in [2.45, 2.75) is 32.4 Å². The highest BCUT2D eigenvalue weighted by atomic mass is 19.4. The van der Waals surface area contributed by atoms with E-state index in [-0.39, 0.29) is 5.84 Å². The molecule has 0 bridgehead atoms. The first-order chi connectivity index (χ1) is 13.3. The average Bonchev–Trinajstić information content (AvgIpc) is 2.56. The van der Waals surface area contributed by atoms with E-state index in [0.29, 0.717) is 12.1 Å². The lowest BCUT2D eigenvalue weighted by molar-refractivity contribution is -0.137. The second-order valence-electron chi connectivity index (χ2n) is 5.98. The number of amidine groups is 1.